The predicted octanol–water partition coefficient (Wildman–Crippen LogP) is 4.28. The van der Waals surface area contributed by atoms with Gasteiger partial charge in [-0.05, 0) is 55.3 Å². The molecule has 1 aliphatic carbocycles. The van der Waals surface area contributed by atoms with E-state index in [0.29, 0.717) is 29.1 Å². The summed E-state index contributed by atoms with van der Waals surface area (Å²) in [7, 11) is 1.24. The topological polar surface area (TPSA) is 37.0 Å². The van der Waals surface area contributed by atoms with Crippen molar-refractivity contribution in [2.75, 3.05) is 12.4 Å². The second-order valence-electron chi connectivity index (χ2n) is 6.01. The second-order valence-corrected chi connectivity index (χ2v) is 6.45. The molecule has 0 aliphatic heterocycles. The van der Waals surface area contributed by atoms with Gasteiger partial charge in [0.1, 0.15) is 11.9 Å². The Morgan fingerprint density at radius 3 is 2.60 bits per heavy atom. The standard InChI is InChI=1S/C17H16ClF4N3/c1-23-16(17(20,21)22)15-3-2-11(8-24-15)25-12-5-9-4-10(18)6-14(19)13(9)7-12/h2-4,6,8,12,16,23,25H,5,7H2,1H3/t12?,16-/m0/s1. The number of benzene rings is 1. The van der Waals surface area contributed by atoms with E-state index in [2.05, 4.69) is 15.6 Å². The Hall–Kier alpha value is -1.86. The Kier molecular flexibility index (Phi) is 4.88. The van der Waals surface area contributed by atoms with Crippen molar-refractivity contribution in [1.29, 1.82) is 0 Å². The van der Waals surface area contributed by atoms with Crippen LogP contribution in [0.15, 0.2) is 30.5 Å². The van der Waals surface area contributed by atoms with Crippen molar-refractivity contribution in [3.63, 3.8) is 0 Å². The summed E-state index contributed by atoms with van der Waals surface area (Å²) in [6, 6.07) is 4.03. The average molecular weight is 374 g/mol. The molecule has 1 aliphatic rings. The number of fused-ring (bicyclic) bond motifs is 1. The highest BCUT2D eigenvalue weighted by molar-refractivity contribution is 6.30. The lowest BCUT2D eigenvalue weighted by Gasteiger charge is -2.19. The van der Waals surface area contributed by atoms with E-state index in [0.717, 1.165) is 5.56 Å². The molecule has 0 fully saturated rings. The Labute approximate surface area is 147 Å². The lowest BCUT2D eigenvalue weighted by molar-refractivity contribution is -0.157. The van der Waals surface area contributed by atoms with Crippen LogP contribution in [0, 0.1) is 5.82 Å². The molecule has 3 nitrogen and oxygen atoms in total. The zero-order valence-corrected chi connectivity index (χ0v) is 14.0. The third kappa shape index (κ3) is 3.88. The van der Waals surface area contributed by atoms with E-state index in [1.807, 2.05) is 0 Å². The van der Waals surface area contributed by atoms with E-state index in [1.54, 1.807) is 12.1 Å². The number of anilines is 1. The number of pyridine rings is 1. The van der Waals surface area contributed by atoms with Crippen LogP contribution in [-0.2, 0) is 12.8 Å². The van der Waals surface area contributed by atoms with Crippen molar-refractivity contribution < 1.29 is 17.6 Å². The van der Waals surface area contributed by atoms with Gasteiger partial charge < -0.3 is 10.6 Å². The maximum atomic E-state index is 13.9. The lowest BCUT2D eigenvalue weighted by atomic mass is 10.1. The highest BCUT2D eigenvalue weighted by atomic mass is 35.5. The first kappa shape index (κ1) is 17.9. The fraction of sp³-hybridized carbons (Fsp3) is 0.353. The van der Waals surface area contributed by atoms with Gasteiger partial charge in [0.15, 0.2) is 0 Å². The van der Waals surface area contributed by atoms with Crippen molar-refractivity contribution in [2.45, 2.75) is 31.1 Å². The van der Waals surface area contributed by atoms with Gasteiger partial charge in [-0.1, -0.05) is 11.6 Å². The van der Waals surface area contributed by atoms with Gasteiger partial charge in [0.25, 0.3) is 0 Å². The van der Waals surface area contributed by atoms with Crippen molar-refractivity contribution in [3.8, 4) is 0 Å². The summed E-state index contributed by atoms with van der Waals surface area (Å²) in [5.74, 6) is -0.331. The Morgan fingerprint density at radius 2 is 2.00 bits per heavy atom. The van der Waals surface area contributed by atoms with Crippen LogP contribution in [-0.4, -0.2) is 24.2 Å². The minimum absolute atomic E-state index is 0.0571. The molecule has 3 rings (SSSR count). The molecule has 1 unspecified atom stereocenters. The van der Waals surface area contributed by atoms with Crippen molar-refractivity contribution in [2.24, 2.45) is 0 Å². The normalized spacial score (nSPS) is 18.1. The summed E-state index contributed by atoms with van der Waals surface area (Å²) < 4.78 is 52.6. The summed E-state index contributed by atoms with van der Waals surface area (Å²) in [6.07, 6.45) is -1.98. The molecule has 0 spiro atoms. The number of alkyl halides is 3. The Balaban J connectivity index is 1.70. The minimum Gasteiger partial charge on any atom is -0.380 e. The van der Waals surface area contributed by atoms with E-state index < -0.39 is 12.2 Å². The minimum atomic E-state index is -4.42. The molecule has 8 heteroatoms. The summed E-state index contributed by atoms with van der Waals surface area (Å²) in [4.78, 5) is 3.90. The van der Waals surface area contributed by atoms with Gasteiger partial charge >= 0.3 is 6.18 Å². The fourth-order valence-corrected chi connectivity index (χ4v) is 3.36. The molecule has 1 aromatic carbocycles. The molecule has 0 radical (unpaired) electrons. The monoisotopic (exact) mass is 373 g/mol. The number of halogens is 5. The molecular weight excluding hydrogens is 358 g/mol. The van der Waals surface area contributed by atoms with Crippen molar-refractivity contribution >= 4 is 17.3 Å². The SMILES string of the molecule is CN[C@@H](c1ccc(NC2Cc3cc(Cl)cc(F)c3C2)cn1)C(F)(F)F. The van der Waals surface area contributed by atoms with Crippen LogP contribution in [0.2, 0.25) is 5.02 Å². The largest absolute Gasteiger partial charge is 0.409 e. The van der Waals surface area contributed by atoms with Crippen molar-refractivity contribution in [3.05, 3.63) is 58.1 Å². The van der Waals surface area contributed by atoms with Crippen molar-refractivity contribution in [1.82, 2.24) is 10.3 Å². The first-order chi connectivity index (χ1) is 11.8. The highest BCUT2D eigenvalue weighted by Gasteiger charge is 2.40. The number of hydrogen-bond acceptors (Lipinski definition) is 3. The molecule has 1 aromatic heterocycles. The van der Waals surface area contributed by atoms with Crippen LogP contribution in [0.4, 0.5) is 23.2 Å². The summed E-state index contributed by atoms with van der Waals surface area (Å²) >= 11 is 5.87. The van der Waals surface area contributed by atoms with Crippen LogP contribution in [0.1, 0.15) is 22.9 Å². The smallest absolute Gasteiger partial charge is 0.380 e. The molecule has 0 saturated carbocycles. The van der Waals surface area contributed by atoms with Crippen LogP contribution < -0.4 is 10.6 Å². The number of rotatable bonds is 4. The second kappa shape index (κ2) is 6.80. The van der Waals surface area contributed by atoms with E-state index in [4.69, 9.17) is 11.6 Å². The van der Waals surface area contributed by atoms with E-state index >= 15 is 0 Å². The fourth-order valence-electron chi connectivity index (χ4n) is 3.13. The van der Waals surface area contributed by atoms with E-state index in [1.165, 1.54) is 25.4 Å². The first-order valence-electron chi connectivity index (χ1n) is 7.71. The third-order valence-electron chi connectivity index (χ3n) is 4.24. The molecule has 2 aromatic rings. The number of aromatic nitrogens is 1. The van der Waals surface area contributed by atoms with Gasteiger partial charge in [-0.25, -0.2) is 4.39 Å². The van der Waals surface area contributed by atoms with Gasteiger partial charge in [0.05, 0.1) is 17.6 Å². The van der Waals surface area contributed by atoms with E-state index in [-0.39, 0.29) is 17.6 Å². The molecule has 1 heterocycles. The summed E-state index contributed by atoms with van der Waals surface area (Å²) in [5.41, 5.74) is 1.95. The van der Waals surface area contributed by atoms with Gasteiger partial charge in [-0.15, -0.1) is 0 Å². The van der Waals surface area contributed by atoms with Crippen LogP contribution in [0.25, 0.3) is 0 Å². The first-order valence-corrected chi connectivity index (χ1v) is 8.09. The number of nitrogens with zero attached hydrogens (tertiary/aromatic N) is 1. The summed E-state index contributed by atoms with van der Waals surface area (Å²) in [5, 5.41) is 5.75. The molecule has 134 valence electrons. The average Bonchev–Trinajstić information content (AvgIpc) is 2.91. The zero-order valence-electron chi connectivity index (χ0n) is 13.3. The van der Waals surface area contributed by atoms with Crippen LogP contribution in [0.5, 0.6) is 0 Å². The number of nitrogens with one attached hydrogen (secondary N) is 2. The maximum absolute atomic E-state index is 13.9. The molecule has 25 heavy (non-hydrogen) atoms. The van der Waals surface area contributed by atoms with Gasteiger partial charge in [0, 0.05) is 11.1 Å². The maximum Gasteiger partial charge on any atom is 0.409 e. The molecule has 2 N–H and O–H groups in total. The third-order valence-corrected chi connectivity index (χ3v) is 4.46. The number of hydrogen-bond donors (Lipinski definition) is 2. The molecule has 0 bridgehead atoms. The quantitative estimate of drug-likeness (QED) is 0.786. The predicted molar refractivity (Wildman–Crippen MR) is 88.3 cm³/mol. The zero-order chi connectivity index (χ0) is 18.2. The highest BCUT2D eigenvalue weighted by Crippen LogP contribution is 2.32. The Bertz CT molecular complexity index is 762. The molecule has 0 amide bonds. The Morgan fingerprint density at radius 1 is 1.24 bits per heavy atom. The van der Waals surface area contributed by atoms with Crippen LogP contribution >= 0.6 is 11.6 Å². The van der Waals surface area contributed by atoms with Gasteiger partial charge in [-0.2, -0.15) is 13.2 Å². The molecule has 2 atom stereocenters. The van der Waals surface area contributed by atoms with Crippen LogP contribution in [0.3, 0.4) is 0 Å². The van der Waals surface area contributed by atoms with Gasteiger partial charge in [0.2, 0.25) is 0 Å². The molecular formula is C17H16ClF4N3. The van der Waals surface area contributed by atoms with E-state index in [9.17, 15) is 17.6 Å². The van der Waals surface area contributed by atoms with Gasteiger partial charge in [-0.3, -0.25) is 4.98 Å². The summed E-state index contributed by atoms with van der Waals surface area (Å²) in [6.45, 7) is 0. The lowest BCUT2D eigenvalue weighted by Crippen LogP contribution is -2.32. The molecule has 0 saturated heterocycles.